The molecule has 0 heterocycles. The third-order valence-corrected chi connectivity index (χ3v) is 4.55. The average molecular weight is 316 g/mol. The first-order chi connectivity index (χ1) is 9.61. The highest BCUT2D eigenvalue weighted by molar-refractivity contribution is 6.36. The summed E-state index contributed by atoms with van der Waals surface area (Å²) in [6, 6.07) is 4.85. The summed E-state index contributed by atoms with van der Waals surface area (Å²) < 4.78 is 0. The summed E-state index contributed by atoms with van der Waals surface area (Å²) in [5.41, 5.74) is 0.437. The molecular formula is C15H19Cl2NO2. The second-order valence-electron chi connectivity index (χ2n) is 5.32. The van der Waals surface area contributed by atoms with Gasteiger partial charge in [-0.15, -0.1) is 0 Å². The van der Waals surface area contributed by atoms with Crippen molar-refractivity contribution in [2.75, 3.05) is 13.2 Å². The van der Waals surface area contributed by atoms with Crippen molar-refractivity contribution in [1.29, 1.82) is 0 Å². The molecule has 0 saturated heterocycles. The summed E-state index contributed by atoms with van der Waals surface area (Å²) in [7, 11) is 0. The highest BCUT2D eigenvalue weighted by Crippen LogP contribution is 2.29. The first-order valence-corrected chi connectivity index (χ1v) is 7.71. The maximum atomic E-state index is 12.1. The van der Waals surface area contributed by atoms with Crippen molar-refractivity contribution in [1.82, 2.24) is 5.32 Å². The lowest BCUT2D eigenvalue weighted by Gasteiger charge is -2.30. The normalized spacial score (nSPS) is 22.6. The zero-order valence-corrected chi connectivity index (χ0v) is 12.8. The van der Waals surface area contributed by atoms with Gasteiger partial charge in [0.1, 0.15) is 0 Å². The van der Waals surface area contributed by atoms with Gasteiger partial charge in [0.05, 0.1) is 10.6 Å². The van der Waals surface area contributed by atoms with Gasteiger partial charge in [0.2, 0.25) is 0 Å². The Labute approximate surface area is 129 Å². The predicted octanol–water partition coefficient (Wildman–Crippen LogP) is 3.52. The van der Waals surface area contributed by atoms with E-state index in [2.05, 4.69) is 5.32 Å². The number of amides is 1. The van der Waals surface area contributed by atoms with Crippen molar-refractivity contribution < 1.29 is 9.90 Å². The lowest BCUT2D eigenvalue weighted by atomic mass is 9.79. The molecule has 2 N–H and O–H groups in total. The second kappa shape index (κ2) is 7.30. The largest absolute Gasteiger partial charge is 0.396 e. The van der Waals surface area contributed by atoms with E-state index in [9.17, 15) is 9.90 Å². The molecule has 5 heteroatoms. The fourth-order valence-electron chi connectivity index (χ4n) is 2.79. The van der Waals surface area contributed by atoms with E-state index in [1.165, 1.54) is 12.8 Å². The van der Waals surface area contributed by atoms with Gasteiger partial charge in [-0.3, -0.25) is 4.79 Å². The lowest BCUT2D eigenvalue weighted by molar-refractivity contribution is 0.0909. The minimum absolute atomic E-state index is 0.186. The molecule has 0 radical (unpaired) electrons. The summed E-state index contributed by atoms with van der Waals surface area (Å²) in [6.07, 6.45) is 4.43. The number of hydrogen-bond acceptors (Lipinski definition) is 2. The van der Waals surface area contributed by atoms with Crippen LogP contribution < -0.4 is 5.32 Å². The molecule has 2 rings (SSSR count). The van der Waals surface area contributed by atoms with E-state index < -0.39 is 0 Å². The Bertz CT molecular complexity index is 479. The first kappa shape index (κ1) is 15.6. The zero-order valence-electron chi connectivity index (χ0n) is 11.2. The second-order valence-corrected chi connectivity index (χ2v) is 6.17. The Morgan fingerprint density at radius 1 is 1.25 bits per heavy atom. The third-order valence-electron chi connectivity index (χ3n) is 4.00. The Kier molecular flexibility index (Phi) is 5.70. The quantitative estimate of drug-likeness (QED) is 0.893. The Balaban J connectivity index is 1.94. The number of hydrogen-bond donors (Lipinski definition) is 2. The molecule has 0 aliphatic heterocycles. The Morgan fingerprint density at radius 2 is 1.95 bits per heavy atom. The van der Waals surface area contributed by atoms with E-state index in [-0.39, 0.29) is 12.5 Å². The van der Waals surface area contributed by atoms with Crippen LogP contribution in [-0.4, -0.2) is 24.2 Å². The smallest absolute Gasteiger partial charge is 0.252 e. The molecule has 1 fully saturated rings. The van der Waals surface area contributed by atoms with Crippen molar-refractivity contribution in [3.05, 3.63) is 33.8 Å². The molecule has 1 aromatic carbocycles. The highest BCUT2D eigenvalue weighted by atomic mass is 35.5. The number of benzene rings is 1. The van der Waals surface area contributed by atoms with E-state index in [1.807, 2.05) is 0 Å². The molecule has 0 aromatic heterocycles. The van der Waals surface area contributed by atoms with Crippen molar-refractivity contribution >= 4 is 29.1 Å². The van der Waals surface area contributed by atoms with Crippen molar-refractivity contribution in [3.8, 4) is 0 Å². The summed E-state index contributed by atoms with van der Waals surface area (Å²) >= 11 is 11.8. The maximum Gasteiger partial charge on any atom is 0.252 e. The average Bonchev–Trinajstić information content (AvgIpc) is 2.45. The van der Waals surface area contributed by atoms with Crippen LogP contribution in [0, 0.1) is 11.8 Å². The standard InChI is InChI=1S/C15H19Cl2NO2/c16-12-5-6-13(14(17)7-12)15(20)18-8-10-3-1-2-4-11(10)9-19/h5-7,10-11,19H,1-4,8-9H2,(H,18,20). The number of aliphatic hydroxyl groups excluding tert-OH is 1. The Morgan fingerprint density at radius 3 is 2.60 bits per heavy atom. The van der Waals surface area contributed by atoms with Gasteiger partial charge in [-0.25, -0.2) is 0 Å². The third kappa shape index (κ3) is 3.87. The molecule has 1 aliphatic carbocycles. The van der Waals surface area contributed by atoms with Crippen molar-refractivity contribution in [2.24, 2.45) is 11.8 Å². The number of aliphatic hydroxyl groups is 1. The monoisotopic (exact) mass is 315 g/mol. The van der Waals surface area contributed by atoms with Crippen LogP contribution in [0.1, 0.15) is 36.0 Å². The van der Waals surface area contributed by atoms with Crippen LogP contribution in [0.15, 0.2) is 18.2 Å². The van der Waals surface area contributed by atoms with E-state index >= 15 is 0 Å². The molecule has 110 valence electrons. The molecule has 2 unspecified atom stereocenters. The van der Waals surface area contributed by atoms with Gasteiger partial charge in [0.15, 0.2) is 0 Å². The summed E-state index contributed by atoms with van der Waals surface area (Å²) in [6.45, 7) is 0.783. The van der Waals surface area contributed by atoms with E-state index in [0.717, 1.165) is 12.8 Å². The molecule has 20 heavy (non-hydrogen) atoms. The highest BCUT2D eigenvalue weighted by Gasteiger charge is 2.25. The summed E-state index contributed by atoms with van der Waals surface area (Å²) in [5.74, 6) is 0.461. The van der Waals surface area contributed by atoms with E-state index in [1.54, 1.807) is 18.2 Å². The molecule has 2 atom stereocenters. The van der Waals surface area contributed by atoms with E-state index in [0.29, 0.717) is 34.0 Å². The SMILES string of the molecule is O=C(NCC1CCCCC1CO)c1ccc(Cl)cc1Cl. The van der Waals surface area contributed by atoms with Gasteiger partial charge in [0, 0.05) is 18.2 Å². The van der Waals surface area contributed by atoms with Gasteiger partial charge in [-0.05, 0) is 42.9 Å². The predicted molar refractivity (Wildman–Crippen MR) is 81.3 cm³/mol. The molecule has 1 amide bonds. The van der Waals surface area contributed by atoms with Crippen LogP contribution in [0.2, 0.25) is 10.0 Å². The lowest BCUT2D eigenvalue weighted by Crippen LogP contribution is -2.35. The minimum atomic E-state index is -0.186. The topological polar surface area (TPSA) is 49.3 Å². The van der Waals surface area contributed by atoms with Crippen LogP contribution in [0.4, 0.5) is 0 Å². The number of carbonyl (C=O) groups is 1. The van der Waals surface area contributed by atoms with Crippen molar-refractivity contribution in [2.45, 2.75) is 25.7 Å². The van der Waals surface area contributed by atoms with Crippen LogP contribution in [0.3, 0.4) is 0 Å². The molecule has 1 saturated carbocycles. The van der Waals surface area contributed by atoms with E-state index in [4.69, 9.17) is 23.2 Å². The molecule has 1 aromatic rings. The molecule has 0 spiro atoms. The Hall–Kier alpha value is -0.770. The van der Waals surface area contributed by atoms with Crippen molar-refractivity contribution in [3.63, 3.8) is 0 Å². The van der Waals surface area contributed by atoms with Gasteiger partial charge < -0.3 is 10.4 Å². The number of halogens is 2. The number of nitrogens with one attached hydrogen (secondary N) is 1. The summed E-state index contributed by atoms with van der Waals surface area (Å²) in [4.78, 5) is 12.1. The molecular weight excluding hydrogens is 297 g/mol. The van der Waals surface area contributed by atoms with Gasteiger partial charge in [-0.2, -0.15) is 0 Å². The molecule has 3 nitrogen and oxygen atoms in total. The number of rotatable bonds is 4. The minimum Gasteiger partial charge on any atom is -0.396 e. The first-order valence-electron chi connectivity index (χ1n) is 6.96. The number of carbonyl (C=O) groups excluding carboxylic acids is 1. The fraction of sp³-hybridized carbons (Fsp3) is 0.533. The molecule has 0 bridgehead atoms. The van der Waals surface area contributed by atoms with Gasteiger partial charge >= 0.3 is 0 Å². The fourth-order valence-corrected chi connectivity index (χ4v) is 3.28. The van der Waals surface area contributed by atoms with Crippen LogP contribution in [0.5, 0.6) is 0 Å². The molecule has 1 aliphatic rings. The van der Waals surface area contributed by atoms with Crippen LogP contribution in [0.25, 0.3) is 0 Å². The summed E-state index contributed by atoms with van der Waals surface area (Å²) in [5, 5.41) is 13.2. The van der Waals surface area contributed by atoms with Gasteiger partial charge in [-0.1, -0.05) is 36.0 Å². The van der Waals surface area contributed by atoms with Crippen LogP contribution >= 0.6 is 23.2 Å². The van der Waals surface area contributed by atoms with Crippen LogP contribution in [-0.2, 0) is 0 Å². The van der Waals surface area contributed by atoms with Gasteiger partial charge in [0.25, 0.3) is 5.91 Å². The maximum absolute atomic E-state index is 12.1. The zero-order chi connectivity index (χ0) is 14.5.